The molecule has 2 N–H and O–H groups in total. The van der Waals surface area contributed by atoms with Gasteiger partial charge < -0.3 is 10.4 Å². The Morgan fingerprint density at radius 3 is 2.95 bits per heavy atom. The molecule has 0 spiro atoms. The molecule has 3 rings (SSSR count). The largest absolute Gasteiger partial charge is 0.478 e. The summed E-state index contributed by atoms with van der Waals surface area (Å²) in [6.45, 7) is 1.56. The van der Waals surface area contributed by atoms with Crippen LogP contribution in [0.3, 0.4) is 0 Å². The fourth-order valence-corrected chi connectivity index (χ4v) is 2.31. The number of anilines is 1. The van der Waals surface area contributed by atoms with Crippen LogP contribution in [-0.4, -0.2) is 32.4 Å². The summed E-state index contributed by atoms with van der Waals surface area (Å²) in [5, 5.41) is 17.4. The van der Waals surface area contributed by atoms with Crippen LogP contribution in [0.5, 0.6) is 0 Å². The van der Waals surface area contributed by atoms with Crippen molar-refractivity contribution < 1.29 is 9.90 Å². The van der Waals surface area contributed by atoms with Gasteiger partial charge in [-0.2, -0.15) is 5.10 Å². The average Bonchev–Trinajstić information content (AvgIpc) is 2.95. The molecule has 6 heteroatoms. The van der Waals surface area contributed by atoms with Gasteiger partial charge in [-0.05, 0) is 36.8 Å². The van der Waals surface area contributed by atoms with E-state index in [1.165, 1.54) is 0 Å². The van der Waals surface area contributed by atoms with Gasteiger partial charge in [-0.25, -0.2) is 9.78 Å². The van der Waals surface area contributed by atoms with Gasteiger partial charge in [0.2, 0.25) is 0 Å². The first kappa shape index (κ1) is 14.1. The zero-order chi connectivity index (χ0) is 15.4. The molecule has 0 aliphatic heterocycles. The molecule has 1 aromatic carbocycles. The molecule has 6 nitrogen and oxygen atoms in total. The van der Waals surface area contributed by atoms with Crippen molar-refractivity contribution in [2.75, 3.05) is 11.9 Å². The minimum absolute atomic E-state index is 0.281. The number of hydrogen-bond donors (Lipinski definition) is 2. The molecule has 22 heavy (non-hydrogen) atoms. The summed E-state index contributed by atoms with van der Waals surface area (Å²) in [4.78, 5) is 15.2. The lowest BCUT2D eigenvalue weighted by molar-refractivity contribution is 0.0697. The summed E-state index contributed by atoms with van der Waals surface area (Å²) in [6.07, 6.45) is 4.35. The Morgan fingerprint density at radius 2 is 2.18 bits per heavy atom. The number of nitrogens with one attached hydrogen (secondary N) is 1. The predicted octanol–water partition coefficient (Wildman–Crippen LogP) is 2.63. The molecule has 0 saturated carbocycles. The number of pyridine rings is 1. The molecular formula is C16H16N4O2. The summed E-state index contributed by atoms with van der Waals surface area (Å²) in [5.74, 6) is -0.0619. The lowest BCUT2D eigenvalue weighted by Crippen LogP contribution is -2.08. The maximum atomic E-state index is 11.0. The molecule has 3 aromatic rings. The maximum absolute atomic E-state index is 11.0. The van der Waals surface area contributed by atoms with E-state index < -0.39 is 5.97 Å². The molecule has 2 heterocycles. The van der Waals surface area contributed by atoms with Gasteiger partial charge in [-0.3, -0.25) is 4.68 Å². The quantitative estimate of drug-likeness (QED) is 0.683. The van der Waals surface area contributed by atoms with E-state index in [1.54, 1.807) is 30.6 Å². The first-order valence-electron chi connectivity index (χ1n) is 7.08. The van der Waals surface area contributed by atoms with Crippen LogP contribution in [-0.2, 0) is 6.54 Å². The van der Waals surface area contributed by atoms with Crippen molar-refractivity contribution in [2.24, 2.45) is 0 Å². The second-order valence-electron chi connectivity index (χ2n) is 4.94. The Morgan fingerprint density at radius 1 is 1.27 bits per heavy atom. The molecule has 0 fully saturated rings. The summed E-state index contributed by atoms with van der Waals surface area (Å²) < 4.78 is 1.89. The second-order valence-corrected chi connectivity index (χ2v) is 4.94. The highest BCUT2D eigenvalue weighted by Gasteiger charge is 2.07. The predicted molar refractivity (Wildman–Crippen MR) is 84.0 cm³/mol. The number of aromatic nitrogens is 3. The smallest absolute Gasteiger partial charge is 0.335 e. The molecule has 0 atom stereocenters. The fourth-order valence-electron chi connectivity index (χ4n) is 2.31. The van der Waals surface area contributed by atoms with Crippen molar-refractivity contribution in [3.8, 4) is 0 Å². The Bertz CT molecular complexity index is 783. The SMILES string of the molecule is O=C(O)c1ccc2c(cnn2CCCNc2ccccn2)c1. The molecule has 0 aliphatic rings. The molecule has 2 aromatic heterocycles. The highest BCUT2D eigenvalue weighted by atomic mass is 16.4. The van der Waals surface area contributed by atoms with Crippen molar-refractivity contribution in [2.45, 2.75) is 13.0 Å². The number of fused-ring (bicyclic) bond motifs is 1. The minimum Gasteiger partial charge on any atom is -0.478 e. The molecule has 0 radical (unpaired) electrons. The second kappa shape index (κ2) is 6.26. The summed E-state index contributed by atoms with van der Waals surface area (Å²) >= 11 is 0. The van der Waals surface area contributed by atoms with E-state index >= 15 is 0 Å². The zero-order valence-corrected chi connectivity index (χ0v) is 11.9. The van der Waals surface area contributed by atoms with Crippen molar-refractivity contribution in [1.82, 2.24) is 14.8 Å². The van der Waals surface area contributed by atoms with Crippen LogP contribution in [0.2, 0.25) is 0 Å². The molecule has 0 saturated heterocycles. The van der Waals surface area contributed by atoms with Gasteiger partial charge in [0.25, 0.3) is 0 Å². The highest BCUT2D eigenvalue weighted by Crippen LogP contribution is 2.16. The van der Waals surface area contributed by atoms with Gasteiger partial charge in [0, 0.05) is 24.7 Å². The normalized spacial score (nSPS) is 10.7. The Balaban J connectivity index is 1.61. The summed E-state index contributed by atoms with van der Waals surface area (Å²) in [6, 6.07) is 10.8. The Hall–Kier alpha value is -2.89. The number of carbonyl (C=O) groups is 1. The molecule has 0 aliphatic carbocycles. The van der Waals surface area contributed by atoms with Crippen molar-refractivity contribution in [1.29, 1.82) is 0 Å². The summed E-state index contributed by atoms with van der Waals surface area (Å²) in [5.41, 5.74) is 1.23. The van der Waals surface area contributed by atoms with Gasteiger partial charge in [-0.15, -0.1) is 0 Å². The number of benzene rings is 1. The zero-order valence-electron chi connectivity index (χ0n) is 11.9. The third-order valence-electron chi connectivity index (χ3n) is 3.41. The van der Waals surface area contributed by atoms with E-state index in [9.17, 15) is 4.79 Å². The molecule has 0 amide bonds. The number of carboxylic acids is 1. The van der Waals surface area contributed by atoms with Crippen LogP contribution in [0.4, 0.5) is 5.82 Å². The van der Waals surface area contributed by atoms with E-state index in [1.807, 2.05) is 22.9 Å². The first-order valence-corrected chi connectivity index (χ1v) is 7.08. The van der Waals surface area contributed by atoms with Crippen LogP contribution in [0.25, 0.3) is 10.9 Å². The molecule has 0 bridgehead atoms. The van der Waals surface area contributed by atoms with Crippen LogP contribution >= 0.6 is 0 Å². The van der Waals surface area contributed by atoms with E-state index in [0.717, 1.165) is 36.2 Å². The van der Waals surface area contributed by atoms with E-state index in [4.69, 9.17) is 5.11 Å². The van der Waals surface area contributed by atoms with E-state index in [0.29, 0.717) is 0 Å². The van der Waals surface area contributed by atoms with Gasteiger partial charge in [-0.1, -0.05) is 6.07 Å². The van der Waals surface area contributed by atoms with Gasteiger partial charge >= 0.3 is 5.97 Å². The van der Waals surface area contributed by atoms with Crippen molar-refractivity contribution in [3.63, 3.8) is 0 Å². The lowest BCUT2D eigenvalue weighted by atomic mass is 10.1. The number of aryl methyl sites for hydroxylation is 1. The molecule has 112 valence electrons. The minimum atomic E-state index is -0.922. The Kier molecular flexibility index (Phi) is 4.00. The lowest BCUT2D eigenvalue weighted by Gasteiger charge is -2.06. The van der Waals surface area contributed by atoms with E-state index in [2.05, 4.69) is 15.4 Å². The van der Waals surface area contributed by atoms with Gasteiger partial charge in [0.15, 0.2) is 0 Å². The number of hydrogen-bond acceptors (Lipinski definition) is 4. The highest BCUT2D eigenvalue weighted by molar-refractivity contribution is 5.93. The van der Waals surface area contributed by atoms with Gasteiger partial charge in [0.05, 0.1) is 17.3 Å². The van der Waals surface area contributed by atoms with Crippen LogP contribution in [0.15, 0.2) is 48.8 Å². The third kappa shape index (κ3) is 3.06. The number of carboxylic acid groups (broad SMARTS) is 1. The standard InChI is InChI=1S/C16H16N4O2/c21-16(22)12-5-6-14-13(10-12)11-19-20(14)9-3-8-18-15-4-1-2-7-17-15/h1-2,4-7,10-11H,3,8-9H2,(H,17,18)(H,21,22). The van der Waals surface area contributed by atoms with Crippen LogP contribution in [0, 0.1) is 0 Å². The average molecular weight is 296 g/mol. The number of nitrogens with zero attached hydrogens (tertiary/aromatic N) is 3. The van der Waals surface area contributed by atoms with Crippen molar-refractivity contribution >= 4 is 22.7 Å². The number of rotatable bonds is 6. The molecule has 0 unspecified atom stereocenters. The van der Waals surface area contributed by atoms with Crippen molar-refractivity contribution in [3.05, 3.63) is 54.4 Å². The number of aromatic carboxylic acids is 1. The fraction of sp³-hybridized carbons (Fsp3) is 0.188. The maximum Gasteiger partial charge on any atom is 0.335 e. The Labute approximate surface area is 127 Å². The topological polar surface area (TPSA) is 80.0 Å². The van der Waals surface area contributed by atoms with Gasteiger partial charge in [0.1, 0.15) is 5.82 Å². The van der Waals surface area contributed by atoms with E-state index in [-0.39, 0.29) is 5.56 Å². The monoisotopic (exact) mass is 296 g/mol. The van der Waals surface area contributed by atoms with Crippen LogP contribution in [0.1, 0.15) is 16.8 Å². The first-order chi connectivity index (χ1) is 10.7. The molecular weight excluding hydrogens is 280 g/mol. The third-order valence-corrected chi connectivity index (χ3v) is 3.41. The van der Waals surface area contributed by atoms with Crippen LogP contribution < -0.4 is 5.32 Å². The summed E-state index contributed by atoms with van der Waals surface area (Å²) in [7, 11) is 0.